The third-order valence-corrected chi connectivity index (χ3v) is 4.57. The summed E-state index contributed by atoms with van der Waals surface area (Å²) < 4.78 is 10.6. The summed E-state index contributed by atoms with van der Waals surface area (Å²) in [4.78, 5) is 28.1. The smallest absolute Gasteiger partial charge is 0.224 e. The van der Waals surface area contributed by atoms with Crippen molar-refractivity contribution in [2.75, 3.05) is 38.8 Å². The highest BCUT2D eigenvalue weighted by molar-refractivity contribution is 5.94. The Balaban J connectivity index is 2.08. The predicted octanol–water partition coefficient (Wildman–Crippen LogP) is 2.85. The first-order valence-corrected chi connectivity index (χ1v) is 8.84. The van der Waals surface area contributed by atoms with Crippen LogP contribution in [0, 0.1) is 0 Å². The van der Waals surface area contributed by atoms with Gasteiger partial charge in [-0.05, 0) is 25.0 Å². The highest BCUT2D eigenvalue weighted by atomic mass is 16.5. The number of hydrogen-bond acceptors (Lipinski definition) is 4. The van der Waals surface area contributed by atoms with Gasteiger partial charge in [-0.25, -0.2) is 0 Å². The summed E-state index contributed by atoms with van der Waals surface area (Å²) >= 11 is 0. The van der Waals surface area contributed by atoms with Crippen molar-refractivity contribution in [3.05, 3.63) is 18.2 Å². The number of ether oxygens (including phenoxy) is 2. The molecule has 0 aliphatic carbocycles. The molecule has 1 aromatic carbocycles. The monoisotopic (exact) mass is 348 g/mol. The van der Waals surface area contributed by atoms with Gasteiger partial charge >= 0.3 is 0 Å². The minimum atomic E-state index is -0.118. The van der Waals surface area contributed by atoms with Crippen molar-refractivity contribution in [3.63, 3.8) is 0 Å². The summed E-state index contributed by atoms with van der Waals surface area (Å²) in [6, 6.07) is 5.31. The minimum Gasteiger partial charge on any atom is -0.497 e. The van der Waals surface area contributed by atoms with E-state index >= 15 is 0 Å². The molecule has 6 heteroatoms. The molecule has 0 unspecified atom stereocenters. The lowest BCUT2D eigenvalue weighted by molar-refractivity contribution is -0.131. The Morgan fingerprint density at radius 2 is 1.76 bits per heavy atom. The lowest BCUT2D eigenvalue weighted by atomic mass is 10.2. The highest BCUT2D eigenvalue weighted by Crippen LogP contribution is 2.32. The summed E-state index contributed by atoms with van der Waals surface area (Å²) in [5.74, 6) is 1.20. The Morgan fingerprint density at radius 3 is 2.32 bits per heavy atom. The van der Waals surface area contributed by atoms with Crippen molar-refractivity contribution in [1.29, 1.82) is 0 Å². The van der Waals surface area contributed by atoms with Crippen molar-refractivity contribution >= 4 is 17.5 Å². The van der Waals surface area contributed by atoms with Crippen LogP contribution in [0.4, 0.5) is 5.69 Å². The Hall–Kier alpha value is -2.24. The van der Waals surface area contributed by atoms with E-state index in [0.29, 0.717) is 30.2 Å². The number of anilines is 1. The lowest BCUT2D eigenvalue weighted by Crippen LogP contribution is -2.37. The first kappa shape index (κ1) is 19.1. The normalized spacial score (nSPS) is 14.6. The molecular formula is C19H28N2O4. The van der Waals surface area contributed by atoms with Crippen LogP contribution in [0.1, 0.15) is 39.0 Å². The van der Waals surface area contributed by atoms with E-state index in [2.05, 4.69) is 0 Å². The Bertz CT molecular complexity index is 595. The lowest BCUT2D eigenvalue weighted by Gasteiger charge is -2.25. The van der Waals surface area contributed by atoms with Crippen LogP contribution in [0.2, 0.25) is 0 Å². The molecule has 1 aromatic rings. The van der Waals surface area contributed by atoms with E-state index in [0.717, 1.165) is 25.9 Å². The van der Waals surface area contributed by atoms with Crippen molar-refractivity contribution in [2.45, 2.75) is 39.0 Å². The predicted molar refractivity (Wildman–Crippen MR) is 97.2 cm³/mol. The third-order valence-electron chi connectivity index (χ3n) is 4.57. The third kappa shape index (κ3) is 5.11. The molecule has 0 N–H and O–H groups in total. The number of methoxy groups -OCH3 is 2. The molecular weight excluding hydrogens is 320 g/mol. The number of amides is 2. The van der Waals surface area contributed by atoms with Gasteiger partial charge in [0, 0.05) is 39.0 Å². The van der Waals surface area contributed by atoms with Crippen LogP contribution in [-0.4, -0.2) is 50.6 Å². The Labute approximate surface area is 149 Å². The maximum atomic E-state index is 12.5. The van der Waals surface area contributed by atoms with Gasteiger partial charge in [-0.15, -0.1) is 0 Å². The number of carbonyl (C=O) groups is 2. The SMILES string of the molecule is COc1ccc(N(CCC(=O)N2CCCCCC2)C(C)=O)c(OC)c1. The molecule has 1 aliphatic heterocycles. The summed E-state index contributed by atoms with van der Waals surface area (Å²) in [5, 5.41) is 0. The van der Waals surface area contributed by atoms with E-state index in [1.807, 2.05) is 4.90 Å². The van der Waals surface area contributed by atoms with Crippen molar-refractivity contribution in [1.82, 2.24) is 4.90 Å². The van der Waals surface area contributed by atoms with Gasteiger partial charge in [0.2, 0.25) is 11.8 Å². The largest absolute Gasteiger partial charge is 0.497 e. The molecule has 1 aliphatic rings. The number of carbonyl (C=O) groups excluding carboxylic acids is 2. The molecule has 138 valence electrons. The van der Waals surface area contributed by atoms with Gasteiger partial charge in [0.05, 0.1) is 19.9 Å². The van der Waals surface area contributed by atoms with Crippen LogP contribution in [0.15, 0.2) is 18.2 Å². The summed E-state index contributed by atoms with van der Waals surface area (Å²) in [7, 11) is 3.13. The number of benzene rings is 1. The van der Waals surface area contributed by atoms with Gasteiger partial charge < -0.3 is 19.3 Å². The first-order chi connectivity index (χ1) is 12.1. The molecule has 0 aromatic heterocycles. The van der Waals surface area contributed by atoms with E-state index in [9.17, 15) is 9.59 Å². The standard InChI is InChI=1S/C19H28N2O4/c1-15(22)21(17-9-8-16(24-2)14-18(17)25-3)13-10-19(23)20-11-6-4-5-7-12-20/h8-9,14H,4-7,10-13H2,1-3H3. The molecule has 0 saturated carbocycles. The Kier molecular flexibility index (Phi) is 7.10. The van der Waals surface area contributed by atoms with Gasteiger partial charge in [-0.1, -0.05) is 12.8 Å². The van der Waals surface area contributed by atoms with E-state index in [1.165, 1.54) is 19.8 Å². The fourth-order valence-electron chi connectivity index (χ4n) is 3.14. The van der Waals surface area contributed by atoms with E-state index < -0.39 is 0 Å². The zero-order valence-corrected chi connectivity index (χ0v) is 15.4. The molecule has 1 fully saturated rings. The van der Waals surface area contributed by atoms with Crippen LogP contribution in [0.25, 0.3) is 0 Å². The molecule has 25 heavy (non-hydrogen) atoms. The van der Waals surface area contributed by atoms with Crippen LogP contribution < -0.4 is 14.4 Å². The molecule has 0 bridgehead atoms. The average molecular weight is 348 g/mol. The second kappa shape index (κ2) is 9.30. The second-order valence-electron chi connectivity index (χ2n) is 6.25. The van der Waals surface area contributed by atoms with E-state index in [-0.39, 0.29) is 11.8 Å². The number of hydrogen-bond donors (Lipinski definition) is 0. The molecule has 6 nitrogen and oxygen atoms in total. The van der Waals surface area contributed by atoms with Crippen LogP contribution in [0.3, 0.4) is 0 Å². The fourth-order valence-corrected chi connectivity index (χ4v) is 3.14. The van der Waals surface area contributed by atoms with Gasteiger partial charge in [-0.2, -0.15) is 0 Å². The number of nitrogens with zero attached hydrogens (tertiary/aromatic N) is 2. The van der Waals surface area contributed by atoms with Gasteiger partial charge in [0.1, 0.15) is 11.5 Å². The number of likely N-dealkylation sites (tertiary alicyclic amines) is 1. The minimum absolute atomic E-state index is 0.112. The average Bonchev–Trinajstić information content (AvgIpc) is 2.91. The molecule has 0 atom stereocenters. The molecule has 2 amide bonds. The van der Waals surface area contributed by atoms with Crippen LogP contribution >= 0.6 is 0 Å². The highest BCUT2D eigenvalue weighted by Gasteiger charge is 2.21. The molecule has 2 rings (SSSR count). The van der Waals surface area contributed by atoms with Crippen molar-refractivity contribution in [3.8, 4) is 11.5 Å². The van der Waals surface area contributed by atoms with E-state index in [1.54, 1.807) is 37.3 Å². The Morgan fingerprint density at radius 1 is 1.08 bits per heavy atom. The maximum Gasteiger partial charge on any atom is 0.224 e. The molecule has 1 saturated heterocycles. The second-order valence-corrected chi connectivity index (χ2v) is 6.25. The molecule has 0 spiro atoms. The zero-order valence-electron chi connectivity index (χ0n) is 15.4. The first-order valence-electron chi connectivity index (χ1n) is 8.84. The summed E-state index contributed by atoms with van der Waals surface area (Å²) in [6.07, 6.45) is 4.82. The summed E-state index contributed by atoms with van der Waals surface area (Å²) in [5.41, 5.74) is 0.652. The van der Waals surface area contributed by atoms with E-state index in [4.69, 9.17) is 9.47 Å². The molecule has 1 heterocycles. The van der Waals surface area contributed by atoms with Gasteiger partial charge in [-0.3, -0.25) is 9.59 Å². The number of rotatable bonds is 6. The van der Waals surface area contributed by atoms with Crippen molar-refractivity contribution < 1.29 is 19.1 Å². The zero-order chi connectivity index (χ0) is 18.2. The van der Waals surface area contributed by atoms with Gasteiger partial charge in [0.15, 0.2) is 0 Å². The quantitative estimate of drug-likeness (QED) is 0.793. The van der Waals surface area contributed by atoms with Crippen LogP contribution in [-0.2, 0) is 9.59 Å². The fraction of sp³-hybridized carbons (Fsp3) is 0.579. The maximum absolute atomic E-state index is 12.5. The van der Waals surface area contributed by atoms with Crippen LogP contribution in [0.5, 0.6) is 11.5 Å². The van der Waals surface area contributed by atoms with Gasteiger partial charge in [0.25, 0.3) is 0 Å². The summed E-state index contributed by atoms with van der Waals surface area (Å²) in [6.45, 7) is 3.49. The van der Waals surface area contributed by atoms with Crippen molar-refractivity contribution in [2.24, 2.45) is 0 Å². The topological polar surface area (TPSA) is 59.1 Å². The molecule has 0 radical (unpaired) electrons.